The van der Waals surface area contributed by atoms with Crippen molar-refractivity contribution in [1.29, 1.82) is 0 Å². The second kappa shape index (κ2) is 14.4. The van der Waals surface area contributed by atoms with Crippen molar-refractivity contribution in [3.05, 3.63) is 70.2 Å². The Morgan fingerprint density at radius 1 is 1.05 bits per heavy atom. The summed E-state index contributed by atoms with van der Waals surface area (Å²) in [5.41, 5.74) is 0.782. The highest BCUT2D eigenvalue weighted by Gasteiger charge is 2.47. The zero-order valence-electron chi connectivity index (χ0n) is 23.1. The first-order valence-electron chi connectivity index (χ1n) is 13.3. The summed E-state index contributed by atoms with van der Waals surface area (Å²) in [7, 11) is -1.23. The monoisotopic (exact) mass is 634 g/mol. The number of benzene rings is 2. The quantitative estimate of drug-likeness (QED) is 0.368. The number of carbonyl (C=O) groups excluding carboxylic acids is 2. The van der Waals surface area contributed by atoms with Crippen LogP contribution in [0.4, 0.5) is 13.2 Å². The lowest BCUT2D eigenvalue weighted by molar-refractivity contribution is -0.167. The molecule has 1 aliphatic heterocycles. The maximum atomic E-state index is 13.6. The van der Waals surface area contributed by atoms with E-state index >= 15 is 0 Å². The molecule has 2 aromatic carbocycles. The molecular formula is C29H35Cl2F3N2O4S. The molecule has 2 aromatic rings. The van der Waals surface area contributed by atoms with Gasteiger partial charge in [-0.15, -0.1) is 0 Å². The zero-order chi connectivity index (χ0) is 30.4. The van der Waals surface area contributed by atoms with E-state index in [4.69, 9.17) is 27.9 Å². The molecule has 4 rings (SSSR count). The Labute approximate surface area is 251 Å². The fourth-order valence-electron chi connectivity index (χ4n) is 4.34. The minimum Gasteiger partial charge on any atom is -0.365 e. The van der Waals surface area contributed by atoms with Crippen LogP contribution in [0.1, 0.15) is 51.6 Å². The van der Waals surface area contributed by atoms with Gasteiger partial charge in [-0.25, -0.2) is 0 Å². The zero-order valence-corrected chi connectivity index (χ0v) is 25.5. The van der Waals surface area contributed by atoms with Gasteiger partial charge in [0, 0.05) is 37.4 Å². The highest BCUT2D eigenvalue weighted by molar-refractivity contribution is 7.86. The van der Waals surface area contributed by atoms with Crippen LogP contribution in [0, 0.1) is 5.92 Å². The van der Waals surface area contributed by atoms with Crippen LogP contribution in [-0.2, 0) is 25.1 Å². The molecule has 0 bridgehead atoms. The van der Waals surface area contributed by atoms with Crippen molar-refractivity contribution in [2.24, 2.45) is 5.92 Å². The number of morpholine rings is 1. The molecule has 1 saturated carbocycles. The summed E-state index contributed by atoms with van der Waals surface area (Å²) < 4.78 is 55.6. The van der Waals surface area contributed by atoms with Crippen LogP contribution in [0.5, 0.6) is 0 Å². The van der Waals surface area contributed by atoms with Gasteiger partial charge in [-0.05, 0) is 69.4 Å². The van der Waals surface area contributed by atoms with E-state index in [9.17, 15) is 27.0 Å². The van der Waals surface area contributed by atoms with E-state index < -0.39 is 58.6 Å². The Morgan fingerprint density at radius 2 is 1.63 bits per heavy atom. The minimum atomic E-state index is -4.55. The van der Waals surface area contributed by atoms with Crippen molar-refractivity contribution in [2.75, 3.05) is 18.9 Å². The van der Waals surface area contributed by atoms with E-state index in [1.54, 1.807) is 34.5 Å². The summed E-state index contributed by atoms with van der Waals surface area (Å²) in [5, 5.41) is 3.12. The lowest BCUT2D eigenvalue weighted by Crippen LogP contribution is -2.57. The molecule has 0 radical (unpaired) electrons. The van der Waals surface area contributed by atoms with Gasteiger partial charge in [0.2, 0.25) is 5.91 Å². The van der Waals surface area contributed by atoms with Crippen LogP contribution in [-0.4, -0.2) is 62.9 Å². The molecule has 4 atom stereocenters. The highest BCUT2D eigenvalue weighted by atomic mass is 35.5. The summed E-state index contributed by atoms with van der Waals surface area (Å²) in [6.45, 7) is 4.21. The van der Waals surface area contributed by atoms with Crippen LogP contribution in [0.2, 0.25) is 10.0 Å². The number of halogens is 5. The largest absolute Gasteiger partial charge is 0.405 e. The normalized spacial score (nSPS) is 21.0. The molecule has 2 amide bonds. The van der Waals surface area contributed by atoms with E-state index in [1.807, 2.05) is 51.1 Å². The molecule has 41 heavy (non-hydrogen) atoms. The lowest BCUT2D eigenvalue weighted by Gasteiger charge is -2.44. The fraction of sp³-hybridized carbons (Fsp3) is 0.517. The maximum absolute atomic E-state index is 13.6. The van der Waals surface area contributed by atoms with Gasteiger partial charge in [-0.3, -0.25) is 13.8 Å². The lowest BCUT2D eigenvalue weighted by atomic mass is 9.98. The minimum absolute atomic E-state index is 0.0654. The number of nitrogens with zero attached hydrogens (tertiary/aromatic N) is 1. The predicted molar refractivity (Wildman–Crippen MR) is 155 cm³/mol. The van der Waals surface area contributed by atoms with Crippen LogP contribution in [0.3, 0.4) is 0 Å². The van der Waals surface area contributed by atoms with E-state index in [-0.39, 0.29) is 24.3 Å². The third-order valence-electron chi connectivity index (χ3n) is 6.69. The molecular weight excluding hydrogens is 600 g/mol. The first kappa shape index (κ1) is 33.4. The van der Waals surface area contributed by atoms with Gasteiger partial charge in [0.05, 0.1) is 19.1 Å². The van der Waals surface area contributed by atoms with E-state index in [1.165, 1.54) is 0 Å². The number of carbonyl (C=O) groups is 2. The second-order valence-electron chi connectivity index (χ2n) is 11.1. The van der Waals surface area contributed by atoms with Crippen molar-refractivity contribution in [1.82, 2.24) is 10.2 Å². The highest BCUT2D eigenvalue weighted by Crippen LogP contribution is 2.42. The van der Waals surface area contributed by atoms with Gasteiger partial charge in [-0.2, -0.15) is 13.2 Å². The third-order valence-corrected chi connectivity index (χ3v) is 9.21. The van der Waals surface area contributed by atoms with Gasteiger partial charge in [0.1, 0.15) is 12.6 Å². The molecule has 4 unspecified atom stereocenters. The van der Waals surface area contributed by atoms with Gasteiger partial charge >= 0.3 is 6.18 Å². The molecule has 2 aliphatic rings. The average molecular weight is 636 g/mol. The Morgan fingerprint density at radius 3 is 2.12 bits per heavy atom. The Balaban J connectivity index is 0.000000575. The third kappa shape index (κ3) is 10.6. The molecule has 6 nitrogen and oxygen atoms in total. The molecule has 12 heteroatoms. The number of alkyl halides is 3. The topological polar surface area (TPSA) is 75.7 Å². The van der Waals surface area contributed by atoms with E-state index in [0.29, 0.717) is 5.02 Å². The first-order chi connectivity index (χ1) is 19.2. The maximum Gasteiger partial charge on any atom is 0.405 e. The summed E-state index contributed by atoms with van der Waals surface area (Å²) in [4.78, 5) is 27.4. The molecule has 0 spiro atoms. The molecule has 2 fully saturated rings. The van der Waals surface area contributed by atoms with Gasteiger partial charge in [0.25, 0.3) is 5.91 Å². The summed E-state index contributed by atoms with van der Waals surface area (Å²) in [5.74, 6) is -0.947. The SMILES string of the molecule is CC(C)(C)S(=O)CC(C1CC1)N1C(=O)C(CC(=O)NCC(F)(F)F)OCC1c1ccc(Cl)cc1.Clc1ccccc1. The van der Waals surface area contributed by atoms with Crippen molar-refractivity contribution in [2.45, 2.75) is 69.1 Å². The predicted octanol–water partition coefficient (Wildman–Crippen LogP) is 6.34. The number of nitrogens with one attached hydrogen (secondary N) is 1. The number of ether oxygens (including phenoxy) is 1. The Kier molecular flexibility index (Phi) is 11.7. The van der Waals surface area contributed by atoms with Crippen LogP contribution in [0.15, 0.2) is 54.6 Å². The average Bonchev–Trinajstić information content (AvgIpc) is 3.73. The van der Waals surface area contributed by atoms with Crippen LogP contribution < -0.4 is 5.32 Å². The van der Waals surface area contributed by atoms with Crippen LogP contribution in [0.25, 0.3) is 0 Å². The summed E-state index contributed by atoms with van der Waals surface area (Å²) >= 11 is 11.6. The van der Waals surface area contributed by atoms with Crippen molar-refractivity contribution < 1.29 is 31.7 Å². The Bertz CT molecular complexity index is 1190. The van der Waals surface area contributed by atoms with Crippen molar-refractivity contribution in [3.8, 4) is 0 Å². The van der Waals surface area contributed by atoms with E-state index in [0.717, 1.165) is 23.4 Å². The van der Waals surface area contributed by atoms with Crippen molar-refractivity contribution in [3.63, 3.8) is 0 Å². The van der Waals surface area contributed by atoms with Gasteiger partial charge in [-0.1, -0.05) is 53.5 Å². The number of amides is 2. The fourth-order valence-corrected chi connectivity index (χ4v) is 5.86. The summed E-state index contributed by atoms with van der Waals surface area (Å²) in [6, 6.07) is 15.6. The van der Waals surface area contributed by atoms with E-state index in [2.05, 4.69) is 0 Å². The molecule has 1 heterocycles. The van der Waals surface area contributed by atoms with Gasteiger partial charge in [0.15, 0.2) is 0 Å². The molecule has 0 aromatic heterocycles. The number of rotatable bonds is 8. The first-order valence-corrected chi connectivity index (χ1v) is 15.3. The van der Waals surface area contributed by atoms with Crippen LogP contribution >= 0.6 is 23.2 Å². The second-order valence-corrected chi connectivity index (χ2v) is 14.2. The number of hydrogen-bond acceptors (Lipinski definition) is 4. The van der Waals surface area contributed by atoms with Gasteiger partial charge < -0.3 is 15.0 Å². The molecule has 1 N–H and O–H groups in total. The molecule has 226 valence electrons. The molecule has 1 aliphatic carbocycles. The molecule has 1 saturated heterocycles. The standard InChI is InChI=1S/C23H30ClF3N2O4S.C6H5Cl/c1-22(2,3)34(32)12-18(15-4-5-15)29-17(14-6-8-16(24)9-7-14)11-33-19(21(29)31)10-20(30)28-13-23(25,26)27;7-6-4-2-1-3-5-6/h6-9,15,17-19H,4-5,10-13H2,1-3H3,(H,28,30);1-5H. The summed E-state index contributed by atoms with van der Waals surface area (Å²) in [6.07, 6.45) is -4.49. The Hall–Kier alpha value is -2.14. The smallest absolute Gasteiger partial charge is 0.365 e. The van der Waals surface area contributed by atoms with Crippen molar-refractivity contribution >= 4 is 45.8 Å². The number of hydrogen-bond donors (Lipinski definition) is 1.